The van der Waals surface area contributed by atoms with Crippen LogP contribution >= 0.6 is 27.5 Å². The molecule has 2 aromatic carbocycles. The molecule has 1 fully saturated rings. The van der Waals surface area contributed by atoms with Crippen molar-refractivity contribution >= 4 is 33.3 Å². The van der Waals surface area contributed by atoms with Gasteiger partial charge in [0.1, 0.15) is 11.6 Å². The van der Waals surface area contributed by atoms with Gasteiger partial charge >= 0.3 is 0 Å². The van der Waals surface area contributed by atoms with Gasteiger partial charge in [0.15, 0.2) is 0 Å². The molecule has 0 aliphatic carbocycles. The van der Waals surface area contributed by atoms with Crippen molar-refractivity contribution in [1.29, 1.82) is 0 Å². The molecule has 5 heteroatoms. The summed E-state index contributed by atoms with van der Waals surface area (Å²) < 4.78 is 0.901. The Labute approximate surface area is 166 Å². The Morgan fingerprint density at radius 2 is 1.73 bits per heavy atom. The molecule has 0 atom stereocenters. The zero-order valence-electron chi connectivity index (χ0n) is 14.1. The van der Waals surface area contributed by atoms with Gasteiger partial charge in [-0.15, -0.1) is 0 Å². The van der Waals surface area contributed by atoms with Crippen LogP contribution in [0.4, 0.5) is 5.82 Å². The van der Waals surface area contributed by atoms with Crippen LogP contribution in [0.5, 0.6) is 5.75 Å². The van der Waals surface area contributed by atoms with Gasteiger partial charge in [0.25, 0.3) is 0 Å². The van der Waals surface area contributed by atoms with Gasteiger partial charge in [-0.1, -0.05) is 45.7 Å². The highest BCUT2D eigenvalue weighted by Crippen LogP contribution is 2.37. The first-order chi connectivity index (χ1) is 12.6. The molecule has 0 radical (unpaired) electrons. The molecule has 0 bridgehead atoms. The molecule has 0 amide bonds. The second-order valence-corrected chi connectivity index (χ2v) is 7.76. The van der Waals surface area contributed by atoms with Gasteiger partial charge in [-0.25, -0.2) is 4.98 Å². The highest BCUT2D eigenvalue weighted by Gasteiger charge is 2.18. The average molecular weight is 430 g/mol. The molecule has 26 heavy (non-hydrogen) atoms. The zero-order valence-corrected chi connectivity index (χ0v) is 16.5. The third-order valence-electron chi connectivity index (χ3n) is 4.66. The van der Waals surface area contributed by atoms with E-state index in [1.54, 1.807) is 6.07 Å². The summed E-state index contributed by atoms with van der Waals surface area (Å²) in [5.41, 5.74) is 3.41. The van der Waals surface area contributed by atoms with E-state index in [9.17, 15) is 5.11 Å². The lowest BCUT2D eigenvalue weighted by Gasteiger charge is -2.19. The van der Waals surface area contributed by atoms with Crippen LogP contribution in [0.1, 0.15) is 12.8 Å². The maximum atomic E-state index is 10.4. The zero-order chi connectivity index (χ0) is 18.1. The standard InChI is InChI=1S/C21H18BrClN2O/c22-15-7-8-20(26)17(13-15)19-11-14(16-5-1-2-6-18(16)23)12-21(24-19)25-9-3-4-10-25/h1-2,5-8,11-13,26H,3-4,9-10H2. The lowest BCUT2D eigenvalue weighted by Crippen LogP contribution is -2.19. The first-order valence-electron chi connectivity index (χ1n) is 8.62. The van der Waals surface area contributed by atoms with E-state index in [1.807, 2.05) is 42.5 Å². The van der Waals surface area contributed by atoms with Crippen molar-refractivity contribution in [2.45, 2.75) is 12.8 Å². The first kappa shape index (κ1) is 17.4. The highest BCUT2D eigenvalue weighted by molar-refractivity contribution is 9.10. The fraction of sp³-hybridized carbons (Fsp3) is 0.190. The van der Waals surface area contributed by atoms with Crippen LogP contribution in [0.25, 0.3) is 22.4 Å². The maximum absolute atomic E-state index is 10.4. The monoisotopic (exact) mass is 428 g/mol. The predicted molar refractivity (Wildman–Crippen MR) is 111 cm³/mol. The fourth-order valence-electron chi connectivity index (χ4n) is 3.33. The minimum absolute atomic E-state index is 0.212. The summed E-state index contributed by atoms with van der Waals surface area (Å²) in [6, 6.07) is 17.3. The van der Waals surface area contributed by atoms with E-state index >= 15 is 0 Å². The van der Waals surface area contributed by atoms with Crippen LogP contribution in [0.2, 0.25) is 5.02 Å². The molecule has 0 saturated carbocycles. The Hall–Kier alpha value is -2.04. The van der Waals surface area contributed by atoms with E-state index in [-0.39, 0.29) is 5.75 Å². The van der Waals surface area contributed by atoms with E-state index in [4.69, 9.17) is 16.6 Å². The number of hydrogen-bond donors (Lipinski definition) is 1. The molecule has 3 nitrogen and oxygen atoms in total. The minimum atomic E-state index is 0.212. The van der Waals surface area contributed by atoms with Gasteiger partial charge < -0.3 is 10.0 Å². The summed E-state index contributed by atoms with van der Waals surface area (Å²) in [6.45, 7) is 2.01. The van der Waals surface area contributed by atoms with Crippen molar-refractivity contribution < 1.29 is 5.11 Å². The summed E-state index contributed by atoms with van der Waals surface area (Å²) in [6.07, 6.45) is 2.35. The topological polar surface area (TPSA) is 36.4 Å². The molecule has 3 aromatic rings. The van der Waals surface area contributed by atoms with E-state index in [2.05, 4.69) is 26.9 Å². The second kappa shape index (κ2) is 7.29. The molecular formula is C21H18BrClN2O. The molecular weight excluding hydrogens is 412 g/mol. The predicted octanol–water partition coefficient (Wildman–Crippen LogP) is 6.14. The number of pyridine rings is 1. The van der Waals surface area contributed by atoms with Gasteiger partial charge in [0.05, 0.1) is 5.69 Å². The summed E-state index contributed by atoms with van der Waals surface area (Å²) in [7, 11) is 0. The van der Waals surface area contributed by atoms with E-state index in [1.165, 1.54) is 12.8 Å². The fourth-order valence-corrected chi connectivity index (χ4v) is 3.93. The number of halogens is 2. The van der Waals surface area contributed by atoms with Crippen molar-refractivity contribution in [3.8, 4) is 28.1 Å². The van der Waals surface area contributed by atoms with Gasteiger partial charge in [-0.2, -0.15) is 0 Å². The molecule has 4 rings (SSSR count). The maximum Gasteiger partial charge on any atom is 0.129 e. The lowest BCUT2D eigenvalue weighted by molar-refractivity contribution is 0.477. The molecule has 0 spiro atoms. The van der Waals surface area contributed by atoms with Crippen molar-refractivity contribution in [2.75, 3.05) is 18.0 Å². The van der Waals surface area contributed by atoms with Crippen molar-refractivity contribution in [3.05, 3.63) is 64.1 Å². The largest absolute Gasteiger partial charge is 0.507 e. The number of phenolic OH excluding ortho intramolecular Hbond substituents is 1. The van der Waals surface area contributed by atoms with Gasteiger partial charge in [0, 0.05) is 33.7 Å². The average Bonchev–Trinajstić information content (AvgIpc) is 3.18. The van der Waals surface area contributed by atoms with Gasteiger partial charge in [-0.05, 0) is 54.8 Å². The molecule has 1 aliphatic rings. The van der Waals surface area contributed by atoms with Crippen LogP contribution in [-0.4, -0.2) is 23.2 Å². The third kappa shape index (κ3) is 3.44. The molecule has 1 aliphatic heterocycles. The minimum Gasteiger partial charge on any atom is -0.507 e. The Morgan fingerprint density at radius 1 is 0.962 bits per heavy atom. The lowest BCUT2D eigenvalue weighted by atomic mass is 10.0. The summed E-state index contributed by atoms with van der Waals surface area (Å²) in [5, 5.41) is 11.1. The van der Waals surface area contributed by atoms with Crippen molar-refractivity contribution in [1.82, 2.24) is 4.98 Å². The second-order valence-electron chi connectivity index (χ2n) is 6.43. The number of hydrogen-bond acceptors (Lipinski definition) is 3. The summed E-state index contributed by atoms with van der Waals surface area (Å²) in [5.74, 6) is 1.14. The van der Waals surface area contributed by atoms with Crippen LogP contribution in [0.3, 0.4) is 0 Å². The Kier molecular flexibility index (Phi) is 4.88. The number of nitrogens with zero attached hydrogens (tertiary/aromatic N) is 2. The summed E-state index contributed by atoms with van der Waals surface area (Å²) >= 11 is 9.92. The Morgan fingerprint density at radius 3 is 2.50 bits per heavy atom. The molecule has 1 N–H and O–H groups in total. The molecule has 132 valence electrons. The third-order valence-corrected chi connectivity index (χ3v) is 5.48. The van der Waals surface area contributed by atoms with E-state index in [0.29, 0.717) is 10.6 Å². The molecule has 1 aromatic heterocycles. The molecule has 0 unspecified atom stereocenters. The van der Waals surface area contributed by atoms with Crippen LogP contribution in [0.15, 0.2) is 59.1 Å². The number of aromatic nitrogens is 1. The quantitative estimate of drug-likeness (QED) is 0.543. The number of aromatic hydroxyl groups is 1. The first-order valence-corrected chi connectivity index (χ1v) is 9.80. The van der Waals surface area contributed by atoms with E-state index in [0.717, 1.165) is 40.2 Å². The number of phenols is 1. The van der Waals surface area contributed by atoms with Gasteiger partial charge in [-0.3, -0.25) is 0 Å². The van der Waals surface area contributed by atoms with Crippen molar-refractivity contribution in [3.63, 3.8) is 0 Å². The van der Waals surface area contributed by atoms with Crippen molar-refractivity contribution in [2.24, 2.45) is 0 Å². The normalized spacial score (nSPS) is 14.0. The summed E-state index contributed by atoms with van der Waals surface area (Å²) in [4.78, 5) is 7.14. The number of anilines is 1. The van der Waals surface area contributed by atoms with Crippen LogP contribution in [0, 0.1) is 0 Å². The SMILES string of the molecule is Oc1ccc(Br)cc1-c1cc(-c2ccccc2Cl)cc(N2CCCC2)n1. The Bertz CT molecular complexity index is 954. The number of benzene rings is 2. The number of rotatable bonds is 3. The van der Waals surface area contributed by atoms with Gasteiger partial charge in [0.2, 0.25) is 0 Å². The van der Waals surface area contributed by atoms with Crippen LogP contribution < -0.4 is 4.90 Å². The molecule has 1 saturated heterocycles. The van der Waals surface area contributed by atoms with E-state index < -0.39 is 0 Å². The smallest absolute Gasteiger partial charge is 0.129 e. The Balaban J connectivity index is 1.91. The van der Waals surface area contributed by atoms with Crippen LogP contribution in [-0.2, 0) is 0 Å². The highest BCUT2D eigenvalue weighted by atomic mass is 79.9. The molecule has 2 heterocycles.